The van der Waals surface area contributed by atoms with E-state index in [1.807, 2.05) is 0 Å². The highest BCUT2D eigenvalue weighted by molar-refractivity contribution is 6.32. The van der Waals surface area contributed by atoms with Gasteiger partial charge in [-0.2, -0.15) is 0 Å². The summed E-state index contributed by atoms with van der Waals surface area (Å²) in [6.07, 6.45) is 4.21. The van der Waals surface area contributed by atoms with Gasteiger partial charge in [0.15, 0.2) is 5.82 Å². The van der Waals surface area contributed by atoms with Crippen molar-refractivity contribution in [1.82, 2.24) is 15.0 Å². The summed E-state index contributed by atoms with van der Waals surface area (Å²) in [5.74, 6) is 0.602. The third kappa shape index (κ3) is 2.97. The Hall–Kier alpha value is -1.52. The summed E-state index contributed by atoms with van der Waals surface area (Å²) in [4.78, 5) is 13.6. The number of pyridine rings is 1. The van der Waals surface area contributed by atoms with Crippen molar-refractivity contribution < 1.29 is 0 Å². The van der Waals surface area contributed by atoms with Crippen LogP contribution in [0.25, 0.3) is 11.5 Å². The van der Waals surface area contributed by atoms with Crippen molar-refractivity contribution in [2.75, 3.05) is 6.54 Å². The van der Waals surface area contributed by atoms with Crippen LogP contribution in [0.1, 0.15) is 30.8 Å². The zero-order valence-corrected chi connectivity index (χ0v) is 12.6. The minimum absolute atomic E-state index is 0.572. The number of halogens is 1. The number of nitrogens with two attached hydrogens (primary N) is 1. The van der Waals surface area contributed by atoms with Gasteiger partial charge in [-0.05, 0) is 43.5 Å². The van der Waals surface area contributed by atoms with Crippen LogP contribution >= 0.6 is 11.6 Å². The van der Waals surface area contributed by atoms with Crippen LogP contribution in [0, 0.1) is 0 Å². The van der Waals surface area contributed by atoms with Gasteiger partial charge in [-0.1, -0.05) is 25.4 Å². The molecule has 0 bridgehead atoms. The van der Waals surface area contributed by atoms with E-state index in [2.05, 4.69) is 28.8 Å². The molecule has 0 radical (unpaired) electrons. The van der Waals surface area contributed by atoms with Gasteiger partial charge >= 0.3 is 0 Å². The summed E-state index contributed by atoms with van der Waals surface area (Å²) in [5, 5.41) is 0.572. The number of rotatable bonds is 5. The van der Waals surface area contributed by atoms with Crippen LogP contribution in [0.15, 0.2) is 18.3 Å². The van der Waals surface area contributed by atoms with E-state index in [4.69, 9.17) is 17.3 Å². The lowest BCUT2D eigenvalue weighted by Gasteiger charge is -2.13. The van der Waals surface area contributed by atoms with Crippen molar-refractivity contribution in [3.05, 3.63) is 40.3 Å². The summed E-state index contributed by atoms with van der Waals surface area (Å²) < 4.78 is 0. The van der Waals surface area contributed by atoms with Crippen LogP contribution in [-0.2, 0) is 19.3 Å². The zero-order valence-electron chi connectivity index (χ0n) is 11.9. The van der Waals surface area contributed by atoms with Crippen molar-refractivity contribution >= 4 is 11.6 Å². The molecule has 5 heteroatoms. The fourth-order valence-electron chi connectivity index (χ4n) is 2.26. The smallest absolute Gasteiger partial charge is 0.180 e. The summed E-state index contributed by atoms with van der Waals surface area (Å²) in [6, 6.07) is 3.61. The Morgan fingerprint density at radius 3 is 2.30 bits per heavy atom. The van der Waals surface area contributed by atoms with E-state index < -0.39 is 0 Å². The molecule has 0 unspecified atom stereocenters. The van der Waals surface area contributed by atoms with Crippen molar-refractivity contribution in [1.29, 1.82) is 0 Å². The first kappa shape index (κ1) is 14.9. The molecule has 0 aliphatic carbocycles. The van der Waals surface area contributed by atoms with Crippen LogP contribution in [0.4, 0.5) is 0 Å². The number of nitrogens with zero attached hydrogens (tertiary/aromatic N) is 3. The van der Waals surface area contributed by atoms with E-state index in [0.29, 0.717) is 23.1 Å². The van der Waals surface area contributed by atoms with Crippen molar-refractivity contribution in [2.24, 2.45) is 5.73 Å². The van der Waals surface area contributed by atoms with Gasteiger partial charge in [0, 0.05) is 17.6 Å². The topological polar surface area (TPSA) is 64.7 Å². The second-order valence-electron chi connectivity index (χ2n) is 4.50. The normalized spacial score (nSPS) is 10.8. The molecular formula is C15H19ClN4. The molecule has 0 amide bonds. The maximum atomic E-state index is 6.19. The van der Waals surface area contributed by atoms with E-state index in [9.17, 15) is 0 Å². The fourth-order valence-corrected chi connectivity index (χ4v) is 2.46. The molecule has 106 valence electrons. The van der Waals surface area contributed by atoms with E-state index in [0.717, 1.165) is 30.7 Å². The summed E-state index contributed by atoms with van der Waals surface area (Å²) >= 11 is 6.19. The van der Waals surface area contributed by atoms with Gasteiger partial charge in [0.2, 0.25) is 0 Å². The largest absolute Gasteiger partial charge is 0.330 e. The molecule has 2 aromatic heterocycles. The van der Waals surface area contributed by atoms with Crippen LogP contribution in [0.3, 0.4) is 0 Å². The highest BCUT2D eigenvalue weighted by Gasteiger charge is 2.15. The van der Waals surface area contributed by atoms with Crippen molar-refractivity contribution in [2.45, 2.75) is 33.1 Å². The van der Waals surface area contributed by atoms with Crippen LogP contribution in [0.2, 0.25) is 5.02 Å². The van der Waals surface area contributed by atoms with Crippen LogP contribution in [0.5, 0.6) is 0 Å². The van der Waals surface area contributed by atoms with E-state index in [-0.39, 0.29) is 0 Å². The van der Waals surface area contributed by atoms with Crippen LogP contribution < -0.4 is 5.73 Å². The predicted octanol–water partition coefficient (Wildman–Crippen LogP) is 2.82. The Balaban J connectivity index is 2.59. The van der Waals surface area contributed by atoms with Gasteiger partial charge in [-0.3, -0.25) is 4.98 Å². The molecule has 0 spiro atoms. The first-order valence-electron chi connectivity index (χ1n) is 6.90. The molecule has 0 fully saturated rings. The second kappa shape index (κ2) is 6.77. The Labute approximate surface area is 124 Å². The molecular weight excluding hydrogens is 272 g/mol. The van der Waals surface area contributed by atoms with E-state index in [1.54, 1.807) is 18.3 Å². The Bertz CT molecular complexity index is 573. The molecule has 2 N–H and O–H groups in total. The first-order chi connectivity index (χ1) is 9.71. The van der Waals surface area contributed by atoms with Gasteiger partial charge in [0.1, 0.15) is 5.69 Å². The molecule has 0 atom stereocenters. The minimum atomic E-state index is 0.572. The average Bonchev–Trinajstić information content (AvgIpc) is 2.48. The predicted molar refractivity (Wildman–Crippen MR) is 81.8 cm³/mol. The quantitative estimate of drug-likeness (QED) is 0.919. The van der Waals surface area contributed by atoms with Crippen LogP contribution in [-0.4, -0.2) is 21.5 Å². The van der Waals surface area contributed by atoms with E-state index in [1.165, 1.54) is 5.56 Å². The fraction of sp³-hybridized carbons (Fsp3) is 0.400. The van der Waals surface area contributed by atoms with Crippen molar-refractivity contribution in [3.8, 4) is 11.5 Å². The number of hydrogen-bond donors (Lipinski definition) is 1. The molecule has 0 saturated carbocycles. The number of aromatic nitrogens is 3. The lowest BCUT2D eigenvalue weighted by molar-refractivity contribution is 0.843. The molecule has 20 heavy (non-hydrogen) atoms. The lowest BCUT2D eigenvalue weighted by Crippen LogP contribution is -2.12. The van der Waals surface area contributed by atoms with Gasteiger partial charge in [0.25, 0.3) is 0 Å². The molecule has 2 rings (SSSR count). The third-order valence-corrected chi connectivity index (χ3v) is 3.52. The lowest BCUT2D eigenvalue weighted by atomic mass is 10.0. The molecule has 0 saturated heterocycles. The highest BCUT2D eigenvalue weighted by atomic mass is 35.5. The van der Waals surface area contributed by atoms with Crippen molar-refractivity contribution in [3.63, 3.8) is 0 Å². The van der Waals surface area contributed by atoms with E-state index >= 15 is 0 Å². The minimum Gasteiger partial charge on any atom is -0.330 e. The molecule has 0 aliphatic heterocycles. The highest BCUT2D eigenvalue weighted by Crippen LogP contribution is 2.24. The average molecular weight is 291 g/mol. The molecule has 2 heterocycles. The molecule has 0 aliphatic rings. The number of hydrogen-bond acceptors (Lipinski definition) is 4. The van der Waals surface area contributed by atoms with Gasteiger partial charge in [-0.25, -0.2) is 9.97 Å². The maximum absolute atomic E-state index is 6.19. The summed E-state index contributed by atoms with van der Waals surface area (Å²) in [6.45, 7) is 4.78. The maximum Gasteiger partial charge on any atom is 0.180 e. The third-order valence-electron chi connectivity index (χ3n) is 3.21. The molecule has 4 nitrogen and oxygen atoms in total. The molecule has 0 aromatic carbocycles. The van der Waals surface area contributed by atoms with Gasteiger partial charge in [0.05, 0.1) is 5.02 Å². The first-order valence-corrected chi connectivity index (χ1v) is 7.28. The second-order valence-corrected chi connectivity index (χ2v) is 4.91. The number of aryl methyl sites for hydroxylation is 2. The van der Waals surface area contributed by atoms with Gasteiger partial charge < -0.3 is 5.73 Å². The summed E-state index contributed by atoms with van der Waals surface area (Å²) in [5.41, 5.74) is 9.58. The standard InChI is InChI=1S/C15H19ClN4/c1-3-12-10(7-8-17)13(4-2)20-15(19-12)14-11(16)6-5-9-18-14/h5-6,9H,3-4,7-8,17H2,1-2H3. The Morgan fingerprint density at radius 1 is 1.15 bits per heavy atom. The van der Waals surface area contributed by atoms with Gasteiger partial charge in [-0.15, -0.1) is 0 Å². The Kier molecular flexibility index (Phi) is 5.04. The SMILES string of the molecule is CCc1nc(-c2ncccc2Cl)nc(CC)c1CCN. The zero-order chi connectivity index (χ0) is 14.5. The molecule has 2 aromatic rings. The summed E-state index contributed by atoms with van der Waals surface area (Å²) in [7, 11) is 0. The Morgan fingerprint density at radius 2 is 1.80 bits per heavy atom. The monoisotopic (exact) mass is 290 g/mol.